The Kier molecular flexibility index (Phi) is 9.76. The fourth-order valence-electron chi connectivity index (χ4n) is 4.27. The van der Waals surface area contributed by atoms with Crippen LogP contribution in [-0.2, 0) is 26.2 Å². The number of carbonyl (C=O) groups is 2. The van der Waals surface area contributed by atoms with E-state index in [1.54, 1.807) is 32.2 Å². The van der Waals surface area contributed by atoms with Gasteiger partial charge in [-0.2, -0.15) is 4.31 Å². The molecule has 0 unspecified atom stereocenters. The van der Waals surface area contributed by atoms with Crippen molar-refractivity contribution < 1.29 is 22.7 Å². The molecule has 0 heterocycles. The van der Waals surface area contributed by atoms with Crippen molar-refractivity contribution in [2.45, 2.75) is 62.6 Å². The molecule has 0 spiro atoms. The van der Waals surface area contributed by atoms with Gasteiger partial charge in [-0.25, -0.2) is 8.42 Å². The van der Waals surface area contributed by atoms with Crippen LogP contribution in [0.5, 0.6) is 5.75 Å². The molecule has 0 aliphatic heterocycles. The van der Waals surface area contributed by atoms with E-state index in [9.17, 15) is 18.0 Å². The first-order valence-electron chi connectivity index (χ1n) is 12.1. The molecule has 0 bridgehead atoms. The van der Waals surface area contributed by atoms with Gasteiger partial charge in [0, 0.05) is 24.7 Å². The molecule has 8 nitrogen and oxygen atoms in total. The first kappa shape index (κ1) is 28.0. The van der Waals surface area contributed by atoms with Crippen LogP contribution >= 0.6 is 11.6 Å². The van der Waals surface area contributed by atoms with E-state index in [1.165, 1.54) is 36.2 Å². The van der Waals surface area contributed by atoms with Gasteiger partial charge in [0.15, 0.2) is 0 Å². The molecule has 0 saturated heterocycles. The van der Waals surface area contributed by atoms with E-state index >= 15 is 0 Å². The summed E-state index contributed by atoms with van der Waals surface area (Å²) >= 11 is 5.88. The van der Waals surface area contributed by atoms with Crippen molar-refractivity contribution in [2.75, 3.05) is 20.7 Å². The average molecular weight is 536 g/mol. The van der Waals surface area contributed by atoms with Crippen LogP contribution in [-0.4, -0.2) is 62.2 Å². The minimum atomic E-state index is -3.93. The van der Waals surface area contributed by atoms with Crippen molar-refractivity contribution >= 4 is 33.4 Å². The summed E-state index contributed by atoms with van der Waals surface area (Å²) in [6.07, 6.45) is 5.14. The Labute approximate surface area is 218 Å². The first-order chi connectivity index (χ1) is 17.1. The molecule has 2 amide bonds. The van der Waals surface area contributed by atoms with E-state index in [4.69, 9.17) is 16.3 Å². The second-order valence-electron chi connectivity index (χ2n) is 9.11. The molecule has 1 saturated carbocycles. The lowest BCUT2D eigenvalue weighted by Gasteiger charge is -2.32. The zero-order valence-electron chi connectivity index (χ0n) is 20.9. The van der Waals surface area contributed by atoms with Crippen molar-refractivity contribution in [3.8, 4) is 5.75 Å². The van der Waals surface area contributed by atoms with E-state index in [1.807, 2.05) is 6.07 Å². The fraction of sp³-hybridized carbons (Fsp3) is 0.462. The number of hydrogen-bond donors (Lipinski definition) is 1. The second-order valence-corrected chi connectivity index (χ2v) is 11.6. The van der Waals surface area contributed by atoms with Crippen LogP contribution < -0.4 is 10.1 Å². The number of benzene rings is 2. The zero-order chi connectivity index (χ0) is 26.3. The molecule has 36 heavy (non-hydrogen) atoms. The lowest BCUT2D eigenvalue weighted by Crippen LogP contribution is -2.52. The van der Waals surface area contributed by atoms with Gasteiger partial charge >= 0.3 is 0 Å². The van der Waals surface area contributed by atoms with Crippen LogP contribution in [0.3, 0.4) is 0 Å². The molecule has 1 atom stereocenters. The van der Waals surface area contributed by atoms with E-state index in [2.05, 4.69) is 5.32 Å². The third-order valence-electron chi connectivity index (χ3n) is 6.49. The van der Waals surface area contributed by atoms with Gasteiger partial charge in [0.2, 0.25) is 21.8 Å². The predicted molar refractivity (Wildman–Crippen MR) is 139 cm³/mol. The van der Waals surface area contributed by atoms with Crippen LogP contribution in [0.1, 0.15) is 44.6 Å². The maximum Gasteiger partial charge on any atom is 0.243 e. The van der Waals surface area contributed by atoms with Crippen molar-refractivity contribution in [1.82, 2.24) is 14.5 Å². The van der Waals surface area contributed by atoms with Crippen molar-refractivity contribution in [2.24, 2.45) is 0 Å². The van der Waals surface area contributed by atoms with E-state index in [0.717, 1.165) is 42.0 Å². The monoisotopic (exact) mass is 535 g/mol. The predicted octanol–water partition coefficient (Wildman–Crippen LogP) is 3.84. The average Bonchev–Trinajstić information content (AvgIpc) is 2.87. The second kappa shape index (κ2) is 12.6. The van der Waals surface area contributed by atoms with E-state index < -0.39 is 28.5 Å². The van der Waals surface area contributed by atoms with Crippen LogP contribution in [0.15, 0.2) is 53.4 Å². The molecule has 1 fully saturated rings. The number of nitrogens with one attached hydrogen (secondary N) is 1. The van der Waals surface area contributed by atoms with Crippen LogP contribution in [0.4, 0.5) is 0 Å². The normalized spacial score (nSPS) is 15.4. The number of carbonyl (C=O) groups excluding carboxylic acids is 2. The highest BCUT2D eigenvalue weighted by Gasteiger charge is 2.31. The van der Waals surface area contributed by atoms with Crippen molar-refractivity contribution in [3.05, 3.63) is 59.1 Å². The summed E-state index contributed by atoms with van der Waals surface area (Å²) < 4.78 is 32.3. The number of hydrogen-bond acceptors (Lipinski definition) is 5. The Bertz CT molecular complexity index is 1150. The molecular weight excluding hydrogens is 502 g/mol. The van der Waals surface area contributed by atoms with Gasteiger partial charge in [-0.1, -0.05) is 43.0 Å². The molecule has 2 aromatic rings. The number of nitrogens with zero attached hydrogens (tertiary/aromatic N) is 2. The minimum Gasteiger partial charge on any atom is -0.497 e. The quantitative estimate of drug-likeness (QED) is 0.499. The van der Waals surface area contributed by atoms with E-state index in [0.29, 0.717) is 10.8 Å². The Morgan fingerprint density at radius 2 is 1.78 bits per heavy atom. The largest absolute Gasteiger partial charge is 0.497 e. The Morgan fingerprint density at radius 1 is 1.11 bits per heavy atom. The Hall–Kier alpha value is -2.62. The molecular formula is C26H34ClN3O5S. The minimum absolute atomic E-state index is 0.0321. The topological polar surface area (TPSA) is 96.0 Å². The molecule has 0 radical (unpaired) electrons. The van der Waals surface area contributed by atoms with Crippen LogP contribution in [0, 0.1) is 0 Å². The smallest absolute Gasteiger partial charge is 0.243 e. The summed E-state index contributed by atoms with van der Waals surface area (Å²) in [5.41, 5.74) is 0.767. The van der Waals surface area contributed by atoms with Gasteiger partial charge in [-0.3, -0.25) is 9.59 Å². The zero-order valence-corrected chi connectivity index (χ0v) is 22.5. The summed E-state index contributed by atoms with van der Waals surface area (Å²) in [5, 5.41) is 3.49. The third-order valence-corrected chi connectivity index (χ3v) is 8.56. The molecule has 0 aromatic heterocycles. The number of rotatable bonds is 10. The number of halogens is 1. The summed E-state index contributed by atoms with van der Waals surface area (Å²) in [5.74, 6) is -0.104. The molecule has 1 aliphatic rings. The van der Waals surface area contributed by atoms with Gasteiger partial charge in [-0.15, -0.1) is 0 Å². The fourth-order valence-corrected chi connectivity index (χ4v) is 5.52. The van der Waals surface area contributed by atoms with Crippen LogP contribution in [0.25, 0.3) is 0 Å². The molecule has 196 valence electrons. The maximum absolute atomic E-state index is 13.5. The third kappa shape index (κ3) is 7.21. The van der Waals surface area contributed by atoms with Gasteiger partial charge < -0.3 is 15.0 Å². The number of ether oxygens (including phenoxy) is 1. The lowest BCUT2D eigenvalue weighted by molar-refractivity contribution is -0.141. The van der Waals surface area contributed by atoms with Crippen molar-refractivity contribution in [3.63, 3.8) is 0 Å². The van der Waals surface area contributed by atoms with Gasteiger partial charge in [-0.05, 0) is 61.7 Å². The number of likely N-dealkylation sites (N-methyl/N-ethyl adjacent to an activating group) is 1. The Balaban J connectivity index is 1.80. The summed E-state index contributed by atoms with van der Waals surface area (Å²) in [6.45, 7) is 1.38. The van der Waals surface area contributed by atoms with Gasteiger partial charge in [0.25, 0.3) is 0 Å². The van der Waals surface area contributed by atoms with Gasteiger partial charge in [0.1, 0.15) is 11.8 Å². The number of methoxy groups -OCH3 is 1. The highest BCUT2D eigenvalue weighted by molar-refractivity contribution is 7.89. The molecule has 2 aromatic carbocycles. The molecule has 10 heteroatoms. The standard InChI is InChI=1S/C26H34ClN3O5S/c1-19(26(32)28-22-9-5-4-6-10-22)30(17-20-8-7-11-23(16-20)35-3)25(31)18-29(2)36(33,34)24-14-12-21(27)13-15-24/h7-8,11-16,19,22H,4-6,9-10,17-18H2,1-3H3,(H,28,32)/t19-/m1/s1. The summed E-state index contributed by atoms with van der Waals surface area (Å²) in [6, 6.07) is 12.3. The van der Waals surface area contributed by atoms with Gasteiger partial charge in [0.05, 0.1) is 18.6 Å². The summed E-state index contributed by atoms with van der Waals surface area (Å²) in [7, 11) is -1.03. The first-order valence-corrected chi connectivity index (χ1v) is 13.9. The van der Waals surface area contributed by atoms with E-state index in [-0.39, 0.29) is 23.4 Å². The Morgan fingerprint density at radius 3 is 2.42 bits per heavy atom. The SMILES string of the molecule is COc1cccc(CN(C(=O)CN(C)S(=O)(=O)c2ccc(Cl)cc2)[C@H](C)C(=O)NC2CCCCC2)c1. The highest BCUT2D eigenvalue weighted by atomic mass is 35.5. The number of amides is 2. The highest BCUT2D eigenvalue weighted by Crippen LogP contribution is 2.21. The van der Waals surface area contributed by atoms with Crippen molar-refractivity contribution in [1.29, 1.82) is 0 Å². The molecule has 3 rings (SSSR count). The molecule has 1 N–H and O–H groups in total. The summed E-state index contributed by atoms with van der Waals surface area (Å²) in [4.78, 5) is 28.1. The lowest BCUT2D eigenvalue weighted by atomic mass is 9.95. The maximum atomic E-state index is 13.5. The van der Waals surface area contributed by atoms with Crippen LogP contribution in [0.2, 0.25) is 5.02 Å². The number of sulfonamides is 1. The molecule has 1 aliphatic carbocycles.